The SMILES string of the molecule is CCc1nc([C@@H](C)NC(=O)NCc2ccc(OCC#N)cc2)cs1. The molecule has 126 valence electrons. The molecule has 0 aliphatic heterocycles. The summed E-state index contributed by atoms with van der Waals surface area (Å²) in [4.78, 5) is 16.5. The van der Waals surface area contributed by atoms with Crippen LogP contribution in [-0.2, 0) is 13.0 Å². The smallest absolute Gasteiger partial charge is 0.315 e. The van der Waals surface area contributed by atoms with Crippen LogP contribution >= 0.6 is 11.3 Å². The maximum absolute atomic E-state index is 12.0. The van der Waals surface area contributed by atoms with E-state index in [9.17, 15) is 4.79 Å². The highest BCUT2D eigenvalue weighted by molar-refractivity contribution is 7.09. The molecule has 0 saturated carbocycles. The van der Waals surface area contributed by atoms with Crippen LogP contribution < -0.4 is 15.4 Å². The van der Waals surface area contributed by atoms with E-state index in [1.165, 1.54) is 0 Å². The summed E-state index contributed by atoms with van der Waals surface area (Å²) in [7, 11) is 0. The number of urea groups is 1. The largest absolute Gasteiger partial charge is 0.479 e. The van der Waals surface area contributed by atoms with Gasteiger partial charge in [0.15, 0.2) is 6.61 Å². The van der Waals surface area contributed by atoms with Gasteiger partial charge in [-0.05, 0) is 31.0 Å². The summed E-state index contributed by atoms with van der Waals surface area (Å²) >= 11 is 1.61. The fraction of sp³-hybridized carbons (Fsp3) is 0.353. The van der Waals surface area contributed by atoms with Gasteiger partial charge in [-0.2, -0.15) is 5.26 Å². The summed E-state index contributed by atoms with van der Waals surface area (Å²) < 4.78 is 5.18. The summed E-state index contributed by atoms with van der Waals surface area (Å²) in [5.41, 5.74) is 1.83. The Morgan fingerprint density at radius 3 is 2.79 bits per heavy atom. The molecule has 0 bridgehead atoms. The van der Waals surface area contributed by atoms with Gasteiger partial charge in [0.2, 0.25) is 0 Å². The molecule has 2 rings (SSSR count). The molecule has 0 spiro atoms. The average molecular weight is 344 g/mol. The molecular formula is C17H20N4O2S. The minimum absolute atomic E-state index is 0.0221. The second-order valence-corrected chi connectivity index (χ2v) is 6.10. The number of nitrogens with zero attached hydrogens (tertiary/aromatic N) is 2. The number of thiazole rings is 1. The minimum Gasteiger partial charge on any atom is -0.479 e. The van der Waals surface area contributed by atoms with Crippen molar-refractivity contribution in [1.29, 1.82) is 5.26 Å². The Morgan fingerprint density at radius 2 is 2.17 bits per heavy atom. The van der Waals surface area contributed by atoms with Crippen molar-refractivity contribution in [3.05, 3.63) is 45.9 Å². The van der Waals surface area contributed by atoms with Crippen LogP contribution in [0.25, 0.3) is 0 Å². The highest BCUT2D eigenvalue weighted by Crippen LogP contribution is 2.17. The van der Waals surface area contributed by atoms with Crippen LogP contribution in [0, 0.1) is 11.3 Å². The van der Waals surface area contributed by atoms with Gasteiger partial charge in [-0.1, -0.05) is 19.1 Å². The number of hydrogen-bond acceptors (Lipinski definition) is 5. The first-order valence-corrected chi connectivity index (χ1v) is 8.57. The molecule has 2 N–H and O–H groups in total. The number of ether oxygens (including phenoxy) is 1. The third-order valence-electron chi connectivity index (χ3n) is 3.34. The summed E-state index contributed by atoms with van der Waals surface area (Å²) in [5.74, 6) is 0.633. The molecular weight excluding hydrogens is 324 g/mol. The van der Waals surface area contributed by atoms with Gasteiger partial charge >= 0.3 is 6.03 Å². The Balaban J connectivity index is 1.79. The maximum Gasteiger partial charge on any atom is 0.315 e. The molecule has 1 atom stereocenters. The van der Waals surface area contributed by atoms with Crippen molar-refractivity contribution in [2.24, 2.45) is 0 Å². The van der Waals surface area contributed by atoms with E-state index in [1.807, 2.05) is 30.5 Å². The molecule has 0 aliphatic rings. The zero-order valence-electron chi connectivity index (χ0n) is 13.7. The fourth-order valence-electron chi connectivity index (χ4n) is 2.01. The number of hydrogen-bond donors (Lipinski definition) is 2. The van der Waals surface area contributed by atoms with E-state index < -0.39 is 0 Å². The lowest BCUT2D eigenvalue weighted by atomic mass is 10.2. The van der Waals surface area contributed by atoms with Crippen LogP contribution in [0.2, 0.25) is 0 Å². The number of rotatable bonds is 7. The molecule has 1 heterocycles. The number of benzene rings is 1. The zero-order valence-corrected chi connectivity index (χ0v) is 14.5. The summed E-state index contributed by atoms with van der Waals surface area (Å²) in [6.07, 6.45) is 0.900. The highest BCUT2D eigenvalue weighted by atomic mass is 32.1. The summed E-state index contributed by atoms with van der Waals surface area (Å²) in [5, 5.41) is 17.2. The van der Waals surface area contributed by atoms with E-state index in [4.69, 9.17) is 10.00 Å². The van der Waals surface area contributed by atoms with Crippen LogP contribution in [0.15, 0.2) is 29.6 Å². The first-order chi connectivity index (χ1) is 11.6. The second kappa shape index (κ2) is 8.89. The Labute approximate surface area is 145 Å². The van der Waals surface area contributed by atoms with E-state index in [1.54, 1.807) is 23.5 Å². The van der Waals surface area contributed by atoms with Crippen molar-refractivity contribution in [2.45, 2.75) is 32.9 Å². The molecule has 1 aromatic heterocycles. The van der Waals surface area contributed by atoms with Gasteiger partial charge in [0, 0.05) is 11.9 Å². The minimum atomic E-state index is -0.238. The van der Waals surface area contributed by atoms with Gasteiger partial charge in [0.1, 0.15) is 11.8 Å². The first-order valence-electron chi connectivity index (χ1n) is 7.69. The topological polar surface area (TPSA) is 87.0 Å². The predicted octanol–water partition coefficient (Wildman–Crippen LogP) is 3.17. The molecule has 0 fully saturated rings. The van der Waals surface area contributed by atoms with E-state index in [0.717, 1.165) is 22.7 Å². The highest BCUT2D eigenvalue weighted by Gasteiger charge is 2.12. The van der Waals surface area contributed by atoms with E-state index in [-0.39, 0.29) is 18.7 Å². The first kappa shape index (κ1) is 17.8. The quantitative estimate of drug-likeness (QED) is 0.807. The number of nitriles is 1. The van der Waals surface area contributed by atoms with Crippen LogP contribution in [0.1, 0.15) is 36.2 Å². The number of carbonyl (C=O) groups is 1. The van der Waals surface area contributed by atoms with Crippen molar-refractivity contribution in [2.75, 3.05) is 6.61 Å². The monoisotopic (exact) mass is 344 g/mol. The number of aromatic nitrogens is 1. The molecule has 2 amide bonds. The number of amides is 2. The molecule has 0 saturated heterocycles. The molecule has 2 aromatic rings. The van der Waals surface area contributed by atoms with Gasteiger partial charge in [0.05, 0.1) is 16.7 Å². The van der Waals surface area contributed by atoms with Crippen molar-refractivity contribution in [1.82, 2.24) is 15.6 Å². The standard InChI is InChI=1S/C17H20N4O2S/c1-3-16-21-15(11-24-16)12(2)20-17(22)19-10-13-4-6-14(7-5-13)23-9-8-18/h4-7,11-12H,3,9-10H2,1-2H3,(H2,19,20,22)/t12-/m1/s1. The summed E-state index contributed by atoms with van der Waals surface area (Å²) in [6, 6.07) is 8.79. The number of carbonyl (C=O) groups excluding carboxylic acids is 1. The number of nitrogens with one attached hydrogen (secondary N) is 2. The third kappa shape index (κ3) is 5.25. The maximum atomic E-state index is 12.0. The van der Waals surface area contributed by atoms with Gasteiger partial charge in [0.25, 0.3) is 0 Å². The van der Waals surface area contributed by atoms with Crippen molar-refractivity contribution >= 4 is 17.4 Å². The lowest BCUT2D eigenvalue weighted by Crippen LogP contribution is -2.36. The third-order valence-corrected chi connectivity index (χ3v) is 4.35. The van der Waals surface area contributed by atoms with Crippen LogP contribution in [0.3, 0.4) is 0 Å². The van der Waals surface area contributed by atoms with Crippen molar-refractivity contribution in [3.63, 3.8) is 0 Å². The van der Waals surface area contributed by atoms with Gasteiger partial charge in [-0.25, -0.2) is 9.78 Å². The summed E-state index contributed by atoms with van der Waals surface area (Å²) in [6.45, 7) is 4.40. The van der Waals surface area contributed by atoms with E-state index in [0.29, 0.717) is 12.3 Å². The lowest BCUT2D eigenvalue weighted by molar-refractivity contribution is 0.237. The average Bonchev–Trinajstić information content (AvgIpc) is 3.08. The molecule has 1 aromatic carbocycles. The molecule has 0 radical (unpaired) electrons. The number of aryl methyl sites for hydroxylation is 1. The molecule has 0 aliphatic carbocycles. The van der Waals surface area contributed by atoms with Crippen LogP contribution in [0.5, 0.6) is 5.75 Å². The lowest BCUT2D eigenvalue weighted by Gasteiger charge is -2.13. The van der Waals surface area contributed by atoms with Gasteiger partial charge < -0.3 is 15.4 Å². The molecule has 24 heavy (non-hydrogen) atoms. The van der Waals surface area contributed by atoms with Crippen LogP contribution in [0.4, 0.5) is 4.79 Å². The normalized spacial score (nSPS) is 11.4. The van der Waals surface area contributed by atoms with Crippen molar-refractivity contribution < 1.29 is 9.53 Å². The Kier molecular flexibility index (Phi) is 6.58. The van der Waals surface area contributed by atoms with Crippen LogP contribution in [-0.4, -0.2) is 17.6 Å². The van der Waals surface area contributed by atoms with E-state index >= 15 is 0 Å². The van der Waals surface area contributed by atoms with Crippen molar-refractivity contribution in [3.8, 4) is 11.8 Å². The van der Waals surface area contributed by atoms with Gasteiger partial charge in [-0.3, -0.25) is 0 Å². The Morgan fingerprint density at radius 1 is 1.42 bits per heavy atom. The fourth-order valence-corrected chi connectivity index (χ4v) is 2.85. The predicted molar refractivity (Wildman–Crippen MR) is 92.8 cm³/mol. The Hall–Kier alpha value is -2.59. The molecule has 0 unspecified atom stereocenters. The molecule has 7 heteroatoms. The van der Waals surface area contributed by atoms with E-state index in [2.05, 4.69) is 22.5 Å². The molecule has 6 nitrogen and oxygen atoms in total. The second-order valence-electron chi connectivity index (χ2n) is 5.16. The zero-order chi connectivity index (χ0) is 17.4. The Bertz CT molecular complexity index is 706. The van der Waals surface area contributed by atoms with Gasteiger partial charge in [-0.15, -0.1) is 11.3 Å².